The van der Waals surface area contributed by atoms with Crippen molar-refractivity contribution in [3.8, 4) is 11.8 Å². The maximum absolute atomic E-state index is 10.7. The molecule has 0 fully saturated rings. The standard InChI is InChI=1S/C12H12N2O3S/c1-9-12(14(16)17)7-11(8-13-9)5-3-4-6-18-10(2)15/h7-8H,4,6H2,1-2H3. The van der Waals surface area contributed by atoms with Gasteiger partial charge in [-0.1, -0.05) is 23.6 Å². The van der Waals surface area contributed by atoms with E-state index in [9.17, 15) is 14.9 Å². The van der Waals surface area contributed by atoms with E-state index < -0.39 is 4.92 Å². The molecule has 0 unspecified atom stereocenters. The Kier molecular flexibility index (Phi) is 5.33. The van der Waals surface area contributed by atoms with Crippen LogP contribution in [0.5, 0.6) is 0 Å². The molecule has 0 amide bonds. The van der Waals surface area contributed by atoms with Crippen molar-refractivity contribution in [2.45, 2.75) is 20.3 Å². The van der Waals surface area contributed by atoms with Crippen LogP contribution in [-0.2, 0) is 4.79 Å². The number of aryl methyl sites for hydroxylation is 1. The average Bonchev–Trinajstić information content (AvgIpc) is 2.30. The van der Waals surface area contributed by atoms with Gasteiger partial charge in [-0.2, -0.15) is 0 Å². The van der Waals surface area contributed by atoms with E-state index in [1.54, 1.807) is 6.92 Å². The first-order valence-electron chi connectivity index (χ1n) is 5.24. The zero-order valence-corrected chi connectivity index (χ0v) is 10.9. The van der Waals surface area contributed by atoms with E-state index in [1.807, 2.05) is 0 Å². The van der Waals surface area contributed by atoms with Crippen LogP contribution < -0.4 is 0 Å². The van der Waals surface area contributed by atoms with E-state index in [0.29, 0.717) is 23.4 Å². The first kappa shape index (κ1) is 14.2. The molecule has 94 valence electrons. The molecule has 0 atom stereocenters. The fourth-order valence-electron chi connectivity index (χ4n) is 1.19. The molecular weight excluding hydrogens is 252 g/mol. The van der Waals surface area contributed by atoms with Gasteiger partial charge in [0.2, 0.25) is 0 Å². The van der Waals surface area contributed by atoms with Crippen LogP contribution in [0.4, 0.5) is 5.69 Å². The predicted molar refractivity (Wildman–Crippen MR) is 70.3 cm³/mol. The van der Waals surface area contributed by atoms with E-state index in [4.69, 9.17) is 0 Å². The molecule has 0 aliphatic heterocycles. The van der Waals surface area contributed by atoms with E-state index in [-0.39, 0.29) is 10.8 Å². The number of aromatic nitrogens is 1. The van der Waals surface area contributed by atoms with Gasteiger partial charge < -0.3 is 0 Å². The molecule has 0 aliphatic carbocycles. The van der Waals surface area contributed by atoms with E-state index in [0.717, 1.165) is 0 Å². The SMILES string of the molecule is CC(=O)SCCC#Cc1cnc(C)c([N+](=O)[O-])c1. The molecule has 5 nitrogen and oxygen atoms in total. The first-order valence-corrected chi connectivity index (χ1v) is 6.22. The van der Waals surface area contributed by atoms with E-state index in [2.05, 4.69) is 16.8 Å². The van der Waals surface area contributed by atoms with Gasteiger partial charge in [0.25, 0.3) is 5.69 Å². The Hall–Kier alpha value is -1.87. The van der Waals surface area contributed by atoms with Gasteiger partial charge in [-0.25, -0.2) is 0 Å². The third-order valence-corrected chi connectivity index (χ3v) is 2.84. The van der Waals surface area contributed by atoms with Crippen LogP contribution in [0.3, 0.4) is 0 Å². The van der Waals surface area contributed by atoms with Crippen LogP contribution >= 0.6 is 11.8 Å². The third-order valence-electron chi connectivity index (χ3n) is 2.02. The van der Waals surface area contributed by atoms with Gasteiger partial charge in [0.05, 0.1) is 4.92 Å². The van der Waals surface area contributed by atoms with Crippen LogP contribution in [0.25, 0.3) is 0 Å². The second-order valence-electron chi connectivity index (χ2n) is 3.48. The van der Waals surface area contributed by atoms with Gasteiger partial charge in [-0.05, 0) is 6.92 Å². The minimum Gasteiger partial charge on any atom is -0.288 e. The topological polar surface area (TPSA) is 73.1 Å². The molecule has 0 N–H and O–H groups in total. The molecule has 0 spiro atoms. The van der Waals surface area contributed by atoms with Crippen LogP contribution in [0.15, 0.2) is 12.3 Å². The zero-order chi connectivity index (χ0) is 13.5. The Morgan fingerprint density at radius 3 is 2.94 bits per heavy atom. The summed E-state index contributed by atoms with van der Waals surface area (Å²) in [4.78, 5) is 24.8. The quantitative estimate of drug-likeness (QED) is 0.362. The predicted octanol–water partition coefficient (Wildman–Crippen LogP) is 2.32. The number of thioether (sulfide) groups is 1. The number of carbonyl (C=O) groups is 1. The highest BCUT2D eigenvalue weighted by molar-refractivity contribution is 8.13. The number of hydrogen-bond donors (Lipinski definition) is 0. The molecule has 1 aromatic heterocycles. The van der Waals surface area contributed by atoms with Gasteiger partial charge >= 0.3 is 0 Å². The molecule has 1 heterocycles. The summed E-state index contributed by atoms with van der Waals surface area (Å²) in [6.07, 6.45) is 2.07. The molecule has 1 aromatic rings. The first-order chi connectivity index (χ1) is 8.50. The number of pyridine rings is 1. The molecule has 0 aliphatic rings. The van der Waals surface area contributed by atoms with Crippen molar-refractivity contribution in [1.29, 1.82) is 0 Å². The van der Waals surface area contributed by atoms with Crippen molar-refractivity contribution in [3.63, 3.8) is 0 Å². The van der Waals surface area contributed by atoms with Gasteiger partial charge in [-0.15, -0.1) is 0 Å². The lowest BCUT2D eigenvalue weighted by molar-refractivity contribution is -0.385. The Morgan fingerprint density at radius 2 is 2.33 bits per heavy atom. The molecule has 18 heavy (non-hydrogen) atoms. The summed E-state index contributed by atoms with van der Waals surface area (Å²) in [6.45, 7) is 3.09. The molecule has 0 bridgehead atoms. The highest BCUT2D eigenvalue weighted by Crippen LogP contribution is 2.15. The lowest BCUT2D eigenvalue weighted by Gasteiger charge is -1.96. The van der Waals surface area contributed by atoms with Gasteiger partial charge in [-0.3, -0.25) is 19.9 Å². The van der Waals surface area contributed by atoms with Crippen molar-refractivity contribution in [2.24, 2.45) is 0 Å². The third kappa shape index (κ3) is 4.55. The maximum atomic E-state index is 10.7. The van der Waals surface area contributed by atoms with Crippen molar-refractivity contribution >= 4 is 22.6 Å². The summed E-state index contributed by atoms with van der Waals surface area (Å²) in [6, 6.07) is 1.41. The van der Waals surface area contributed by atoms with Crippen LogP contribution in [0.2, 0.25) is 0 Å². The van der Waals surface area contributed by atoms with Crippen molar-refractivity contribution in [2.75, 3.05) is 5.75 Å². The van der Waals surface area contributed by atoms with E-state index in [1.165, 1.54) is 30.9 Å². The van der Waals surface area contributed by atoms with Gasteiger partial charge in [0, 0.05) is 36.9 Å². The minimum absolute atomic E-state index is 0.0279. The Balaban J connectivity index is 2.68. The Labute approximate surface area is 109 Å². The largest absolute Gasteiger partial charge is 0.291 e. The number of carbonyl (C=O) groups excluding carboxylic acids is 1. The Bertz CT molecular complexity index is 532. The minimum atomic E-state index is -0.473. The van der Waals surface area contributed by atoms with Crippen molar-refractivity contribution in [3.05, 3.63) is 33.6 Å². The number of nitrogens with zero attached hydrogens (tertiary/aromatic N) is 2. The fraction of sp³-hybridized carbons (Fsp3) is 0.333. The number of hydrogen-bond acceptors (Lipinski definition) is 5. The van der Waals surface area contributed by atoms with Gasteiger partial charge in [0.1, 0.15) is 5.69 Å². The summed E-state index contributed by atoms with van der Waals surface area (Å²) in [5, 5.41) is 10.8. The molecular formula is C12H12N2O3S. The fourth-order valence-corrected chi connectivity index (χ4v) is 1.68. The summed E-state index contributed by atoms with van der Waals surface area (Å²) in [7, 11) is 0. The van der Waals surface area contributed by atoms with Crippen LogP contribution in [0, 0.1) is 28.9 Å². The Morgan fingerprint density at radius 1 is 1.61 bits per heavy atom. The summed E-state index contributed by atoms with van der Waals surface area (Å²) in [5.74, 6) is 6.28. The monoisotopic (exact) mass is 264 g/mol. The molecule has 0 aromatic carbocycles. The highest BCUT2D eigenvalue weighted by Gasteiger charge is 2.11. The van der Waals surface area contributed by atoms with Crippen molar-refractivity contribution < 1.29 is 9.72 Å². The van der Waals surface area contributed by atoms with Crippen LogP contribution in [-0.4, -0.2) is 20.8 Å². The lowest BCUT2D eigenvalue weighted by Crippen LogP contribution is -1.95. The maximum Gasteiger partial charge on any atom is 0.291 e. The zero-order valence-electron chi connectivity index (χ0n) is 10.1. The summed E-state index contributed by atoms with van der Waals surface area (Å²) < 4.78 is 0. The van der Waals surface area contributed by atoms with Crippen molar-refractivity contribution in [1.82, 2.24) is 4.98 Å². The lowest BCUT2D eigenvalue weighted by atomic mass is 10.2. The summed E-state index contributed by atoms with van der Waals surface area (Å²) in [5.41, 5.74) is 0.859. The second-order valence-corrected chi connectivity index (χ2v) is 4.75. The number of nitro groups is 1. The molecule has 6 heteroatoms. The normalized spacial score (nSPS) is 9.44. The molecule has 0 saturated heterocycles. The molecule has 0 saturated carbocycles. The highest BCUT2D eigenvalue weighted by atomic mass is 32.2. The average molecular weight is 264 g/mol. The summed E-state index contributed by atoms with van der Waals surface area (Å²) >= 11 is 1.21. The van der Waals surface area contributed by atoms with E-state index >= 15 is 0 Å². The number of rotatable bonds is 3. The molecule has 0 radical (unpaired) electrons. The molecule has 1 rings (SSSR count). The second kappa shape index (κ2) is 6.77. The smallest absolute Gasteiger partial charge is 0.288 e. The van der Waals surface area contributed by atoms with Crippen LogP contribution in [0.1, 0.15) is 24.6 Å². The van der Waals surface area contributed by atoms with Gasteiger partial charge in [0.15, 0.2) is 5.12 Å².